The number of ether oxygens (including phenoxy) is 1. The molecule has 43 heavy (non-hydrogen) atoms. The first-order valence-corrected chi connectivity index (χ1v) is 14.5. The van der Waals surface area contributed by atoms with Gasteiger partial charge in [0.15, 0.2) is 0 Å². The van der Waals surface area contributed by atoms with Crippen LogP contribution in [0.2, 0.25) is 5.02 Å². The van der Waals surface area contributed by atoms with E-state index in [2.05, 4.69) is 27.2 Å². The van der Waals surface area contributed by atoms with Gasteiger partial charge in [-0.2, -0.15) is 8.42 Å². The molecule has 1 amide bonds. The first kappa shape index (κ1) is 31.1. The SMILES string of the molecule is C=CC(=O)Nc1ccc2ncnc(Nc3ccc(OCc4cccc(F)c4)c(Cl)c3)c2c1.Cc1ccc(S(=O)(=O)O)cc1. The zero-order valence-corrected chi connectivity index (χ0v) is 24.4. The van der Waals surface area contributed by atoms with Crippen LogP contribution in [0.5, 0.6) is 5.75 Å². The maximum absolute atomic E-state index is 13.3. The number of hydrogen-bond acceptors (Lipinski definition) is 7. The number of anilines is 3. The minimum absolute atomic E-state index is 0.0666. The number of fused-ring (bicyclic) bond motifs is 1. The van der Waals surface area contributed by atoms with Crippen molar-refractivity contribution in [2.75, 3.05) is 10.6 Å². The average molecular weight is 621 g/mol. The molecule has 9 nitrogen and oxygen atoms in total. The second-order valence-corrected chi connectivity index (χ2v) is 11.0. The van der Waals surface area contributed by atoms with Crippen LogP contribution in [-0.4, -0.2) is 28.8 Å². The lowest BCUT2D eigenvalue weighted by Crippen LogP contribution is -2.07. The standard InChI is InChI=1S/C24H18ClFN4O2.C7H8O3S/c1-2-23(31)29-17-6-8-21-19(11-17)24(28-14-27-21)30-18-7-9-22(20(25)12-18)32-13-15-4-3-5-16(26)10-15;1-6-2-4-7(5-3-6)11(8,9)10/h2-12,14H,1,13H2,(H,29,31)(H,27,28,30);2-5H,1H3,(H,8,9,10). The predicted molar refractivity (Wildman–Crippen MR) is 165 cm³/mol. The van der Waals surface area contributed by atoms with E-state index in [0.717, 1.165) is 10.9 Å². The van der Waals surface area contributed by atoms with Crippen LogP contribution >= 0.6 is 11.6 Å². The summed E-state index contributed by atoms with van der Waals surface area (Å²) in [5.41, 5.74) is 3.65. The van der Waals surface area contributed by atoms with Gasteiger partial charge in [0.1, 0.15) is 30.3 Å². The Morgan fingerprint density at radius 3 is 2.44 bits per heavy atom. The molecule has 0 spiro atoms. The van der Waals surface area contributed by atoms with Gasteiger partial charge in [0.2, 0.25) is 5.91 Å². The zero-order chi connectivity index (χ0) is 31.0. The van der Waals surface area contributed by atoms with Crippen molar-refractivity contribution in [2.45, 2.75) is 18.4 Å². The van der Waals surface area contributed by atoms with Gasteiger partial charge in [0, 0.05) is 16.8 Å². The fourth-order valence-electron chi connectivity index (χ4n) is 3.76. The number of aromatic nitrogens is 2. The quantitative estimate of drug-likeness (QED) is 0.124. The molecule has 5 aromatic rings. The molecule has 1 heterocycles. The van der Waals surface area contributed by atoms with Crippen molar-refractivity contribution < 1.29 is 26.9 Å². The van der Waals surface area contributed by atoms with Crippen molar-refractivity contribution in [1.82, 2.24) is 9.97 Å². The smallest absolute Gasteiger partial charge is 0.294 e. The molecular formula is C31H26ClFN4O5S. The number of amides is 1. The van der Waals surface area contributed by atoms with Gasteiger partial charge >= 0.3 is 0 Å². The Morgan fingerprint density at radius 1 is 1.02 bits per heavy atom. The molecule has 3 N–H and O–H groups in total. The van der Waals surface area contributed by atoms with Gasteiger partial charge in [-0.25, -0.2) is 14.4 Å². The summed E-state index contributed by atoms with van der Waals surface area (Å²) >= 11 is 6.38. The Balaban J connectivity index is 0.000000324. The van der Waals surface area contributed by atoms with Crippen LogP contribution < -0.4 is 15.4 Å². The van der Waals surface area contributed by atoms with E-state index >= 15 is 0 Å². The zero-order valence-electron chi connectivity index (χ0n) is 22.8. The lowest BCUT2D eigenvalue weighted by molar-refractivity contribution is -0.111. The topological polar surface area (TPSA) is 131 Å². The van der Waals surface area contributed by atoms with Crippen LogP contribution in [0.3, 0.4) is 0 Å². The van der Waals surface area contributed by atoms with Crippen LogP contribution in [-0.2, 0) is 21.5 Å². The van der Waals surface area contributed by atoms with E-state index < -0.39 is 10.1 Å². The summed E-state index contributed by atoms with van der Waals surface area (Å²) in [6, 6.07) is 22.7. The van der Waals surface area contributed by atoms with Crippen molar-refractivity contribution in [1.29, 1.82) is 0 Å². The maximum Gasteiger partial charge on any atom is 0.294 e. The molecule has 220 valence electrons. The molecule has 0 saturated heterocycles. The van der Waals surface area contributed by atoms with E-state index in [0.29, 0.717) is 39.0 Å². The summed E-state index contributed by atoms with van der Waals surface area (Å²) in [5.74, 6) is 0.398. The van der Waals surface area contributed by atoms with Gasteiger partial charge in [-0.1, -0.05) is 48.0 Å². The second kappa shape index (κ2) is 13.9. The molecule has 0 aliphatic heterocycles. The van der Waals surface area contributed by atoms with Gasteiger partial charge in [0.05, 0.1) is 15.4 Å². The number of nitrogens with one attached hydrogen (secondary N) is 2. The molecular weight excluding hydrogens is 595 g/mol. The van der Waals surface area contributed by atoms with E-state index in [4.69, 9.17) is 20.9 Å². The third-order valence-electron chi connectivity index (χ3n) is 5.89. The largest absolute Gasteiger partial charge is 0.487 e. The summed E-state index contributed by atoms with van der Waals surface area (Å²) in [5, 5.41) is 7.05. The third kappa shape index (κ3) is 8.82. The second-order valence-electron chi connectivity index (χ2n) is 9.12. The maximum atomic E-state index is 13.3. The highest BCUT2D eigenvalue weighted by Gasteiger charge is 2.10. The summed E-state index contributed by atoms with van der Waals surface area (Å²) < 4.78 is 48.6. The molecule has 0 fully saturated rings. The van der Waals surface area contributed by atoms with Gasteiger partial charge < -0.3 is 15.4 Å². The number of nitrogens with zero attached hydrogens (tertiary/aromatic N) is 2. The first-order valence-electron chi connectivity index (χ1n) is 12.7. The summed E-state index contributed by atoms with van der Waals surface area (Å²) in [7, 11) is -4.02. The first-order chi connectivity index (χ1) is 20.5. The van der Waals surface area contributed by atoms with Crippen molar-refractivity contribution in [3.63, 3.8) is 0 Å². The number of carbonyl (C=O) groups excluding carboxylic acids is 1. The molecule has 0 aliphatic rings. The highest BCUT2D eigenvalue weighted by Crippen LogP contribution is 2.31. The molecule has 0 atom stereocenters. The molecule has 0 bridgehead atoms. The molecule has 0 unspecified atom stereocenters. The third-order valence-corrected chi connectivity index (χ3v) is 7.05. The number of benzene rings is 4. The Morgan fingerprint density at radius 2 is 1.77 bits per heavy atom. The number of aryl methyl sites for hydroxylation is 1. The molecule has 5 rings (SSSR count). The van der Waals surface area contributed by atoms with Gasteiger partial charge in [-0.15, -0.1) is 0 Å². The van der Waals surface area contributed by atoms with E-state index in [9.17, 15) is 17.6 Å². The van der Waals surface area contributed by atoms with Crippen LogP contribution in [0, 0.1) is 12.7 Å². The Labute approximate surface area is 252 Å². The van der Waals surface area contributed by atoms with Crippen LogP contribution in [0.15, 0.2) is 109 Å². The molecule has 4 aromatic carbocycles. The summed E-state index contributed by atoms with van der Waals surface area (Å²) in [6.45, 7) is 5.49. The molecule has 0 radical (unpaired) electrons. The Kier molecular flexibility index (Phi) is 10.0. The van der Waals surface area contributed by atoms with E-state index in [1.54, 1.807) is 60.7 Å². The number of rotatable bonds is 8. The fraction of sp³-hybridized carbons (Fsp3) is 0.0645. The van der Waals surface area contributed by atoms with E-state index in [1.165, 1.54) is 36.7 Å². The molecule has 1 aromatic heterocycles. The van der Waals surface area contributed by atoms with Crippen molar-refractivity contribution in [3.8, 4) is 5.75 Å². The lowest BCUT2D eigenvalue weighted by atomic mass is 10.2. The predicted octanol–water partition coefficient (Wildman–Crippen LogP) is 7.11. The highest BCUT2D eigenvalue weighted by molar-refractivity contribution is 7.85. The Bertz CT molecular complexity index is 1890. The Hall–Kier alpha value is -4.84. The van der Waals surface area contributed by atoms with E-state index in [-0.39, 0.29) is 23.2 Å². The van der Waals surface area contributed by atoms with Crippen molar-refractivity contribution in [3.05, 3.63) is 126 Å². The van der Waals surface area contributed by atoms with Crippen LogP contribution in [0.1, 0.15) is 11.1 Å². The minimum Gasteiger partial charge on any atom is -0.487 e. The molecule has 12 heteroatoms. The average Bonchev–Trinajstić information content (AvgIpc) is 2.97. The normalized spacial score (nSPS) is 10.8. The number of hydrogen-bond donors (Lipinski definition) is 3. The van der Waals surface area contributed by atoms with Gasteiger partial charge in [-0.05, 0) is 79.2 Å². The van der Waals surface area contributed by atoms with Gasteiger partial charge in [-0.3, -0.25) is 9.35 Å². The van der Waals surface area contributed by atoms with Gasteiger partial charge in [0.25, 0.3) is 10.1 Å². The van der Waals surface area contributed by atoms with E-state index in [1.807, 2.05) is 6.92 Å². The monoisotopic (exact) mass is 620 g/mol. The van der Waals surface area contributed by atoms with Crippen LogP contribution in [0.4, 0.5) is 21.6 Å². The fourth-order valence-corrected chi connectivity index (χ4v) is 4.47. The molecule has 0 aliphatic carbocycles. The molecule has 0 saturated carbocycles. The van der Waals surface area contributed by atoms with Crippen molar-refractivity contribution >= 4 is 55.7 Å². The summed E-state index contributed by atoms with van der Waals surface area (Å²) in [6.07, 6.45) is 2.65. The number of carbonyl (C=O) groups is 1. The lowest BCUT2D eigenvalue weighted by Gasteiger charge is -2.12. The summed E-state index contributed by atoms with van der Waals surface area (Å²) in [4.78, 5) is 20.1. The number of halogens is 2. The van der Waals surface area contributed by atoms with Crippen molar-refractivity contribution in [2.24, 2.45) is 0 Å². The highest BCUT2D eigenvalue weighted by atomic mass is 35.5. The van der Waals surface area contributed by atoms with Crippen LogP contribution in [0.25, 0.3) is 10.9 Å². The minimum atomic E-state index is -4.02.